The van der Waals surface area contributed by atoms with E-state index in [1.54, 1.807) is 29.2 Å². The zero-order valence-corrected chi connectivity index (χ0v) is 17.7. The van der Waals surface area contributed by atoms with Crippen LogP contribution >= 0.6 is 11.6 Å². The average molecular weight is 446 g/mol. The number of nitrogens with zero attached hydrogens (tertiary/aromatic N) is 1. The molecule has 1 saturated heterocycles. The van der Waals surface area contributed by atoms with Crippen LogP contribution in [0, 0.1) is 5.82 Å². The Bertz CT molecular complexity index is 1050. The molecule has 0 spiro atoms. The zero-order chi connectivity index (χ0) is 22.0. The van der Waals surface area contributed by atoms with Gasteiger partial charge in [0, 0.05) is 23.2 Å². The lowest BCUT2D eigenvalue weighted by Gasteiger charge is -2.34. The van der Waals surface area contributed by atoms with E-state index < -0.39 is 5.82 Å². The second kappa shape index (κ2) is 9.08. The van der Waals surface area contributed by atoms with Crippen LogP contribution in [0.25, 0.3) is 6.08 Å². The topological polar surface area (TPSA) is 65.1 Å². The second-order valence-electron chi connectivity index (χ2n) is 7.39. The zero-order valence-electron chi connectivity index (χ0n) is 16.9. The van der Waals surface area contributed by atoms with E-state index in [2.05, 4.69) is 0 Å². The van der Waals surface area contributed by atoms with Gasteiger partial charge in [-0.15, -0.1) is 0 Å². The highest BCUT2D eigenvalue weighted by atomic mass is 35.5. The van der Waals surface area contributed by atoms with Crippen molar-refractivity contribution in [2.75, 3.05) is 32.9 Å². The molecule has 2 aliphatic heterocycles. The third kappa shape index (κ3) is 4.89. The van der Waals surface area contributed by atoms with Crippen molar-refractivity contribution in [3.8, 4) is 11.5 Å². The predicted molar refractivity (Wildman–Crippen MR) is 113 cm³/mol. The standard InChI is InChI=1S/C23H21ClFNO5/c1-14(27)20-4-3-18(10-21(20)25)30-13-19-11-26(6-7-29-19)23(28)16-8-15-9-17(24)2-5-22(15)31-12-16/h2-5,8-10,19H,6-7,11-13H2,1H3. The molecule has 0 saturated carbocycles. The van der Waals surface area contributed by atoms with E-state index in [0.717, 1.165) is 5.56 Å². The van der Waals surface area contributed by atoms with Gasteiger partial charge in [0.1, 0.15) is 36.6 Å². The van der Waals surface area contributed by atoms with E-state index in [1.165, 1.54) is 25.1 Å². The first kappa shape index (κ1) is 21.3. The summed E-state index contributed by atoms with van der Waals surface area (Å²) in [6, 6.07) is 9.39. The molecule has 0 aliphatic carbocycles. The highest BCUT2D eigenvalue weighted by Gasteiger charge is 2.28. The minimum absolute atomic E-state index is 0.0175. The van der Waals surface area contributed by atoms with Crippen molar-refractivity contribution in [1.29, 1.82) is 0 Å². The van der Waals surface area contributed by atoms with Crippen LogP contribution in [-0.2, 0) is 9.53 Å². The van der Waals surface area contributed by atoms with Crippen LogP contribution in [0.3, 0.4) is 0 Å². The van der Waals surface area contributed by atoms with Crippen molar-refractivity contribution >= 4 is 29.4 Å². The van der Waals surface area contributed by atoms with Gasteiger partial charge in [0.05, 0.1) is 24.3 Å². The molecule has 162 valence electrons. The van der Waals surface area contributed by atoms with Crippen LogP contribution in [0.4, 0.5) is 4.39 Å². The molecule has 1 amide bonds. The molecule has 2 aromatic rings. The summed E-state index contributed by atoms with van der Waals surface area (Å²) in [4.78, 5) is 26.0. The number of halogens is 2. The van der Waals surface area contributed by atoms with Gasteiger partial charge in [-0.3, -0.25) is 9.59 Å². The summed E-state index contributed by atoms with van der Waals surface area (Å²) in [5.74, 6) is -0.116. The Kier molecular flexibility index (Phi) is 6.25. The number of morpholine rings is 1. The molecule has 0 N–H and O–H groups in total. The number of Topliss-reactive ketones (excluding diaryl/α,β-unsaturated/α-hetero) is 1. The van der Waals surface area contributed by atoms with Gasteiger partial charge in [0.2, 0.25) is 0 Å². The summed E-state index contributed by atoms with van der Waals surface area (Å²) in [7, 11) is 0. The summed E-state index contributed by atoms with van der Waals surface area (Å²) < 4.78 is 31.0. The number of fused-ring (bicyclic) bond motifs is 1. The number of amides is 1. The van der Waals surface area contributed by atoms with Gasteiger partial charge >= 0.3 is 0 Å². The Labute approximate surface area is 184 Å². The number of rotatable bonds is 5. The summed E-state index contributed by atoms with van der Waals surface area (Å²) in [5.41, 5.74) is 1.33. The predicted octanol–water partition coefficient (Wildman–Crippen LogP) is 3.76. The molecule has 2 heterocycles. The number of benzene rings is 2. The summed E-state index contributed by atoms with van der Waals surface area (Å²) in [6.45, 7) is 2.81. The van der Waals surface area contributed by atoms with E-state index >= 15 is 0 Å². The smallest absolute Gasteiger partial charge is 0.253 e. The molecule has 8 heteroatoms. The molecule has 6 nitrogen and oxygen atoms in total. The number of carbonyl (C=O) groups is 2. The molecular weight excluding hydrogens is 425 g/mol. The SMILES string of the molecule is CC(=O)c1ccc(OCC2CN(C(=O)C3=Cc4cc(Cl)ccc4OC3)CCO2)cc1F. The Morgan fingerprint density at radius 3 is 2.87 bits per heavy atom. The maximum Gasteiger partial charge on any atom is 0.253 e. The van der Waals surface area contributed by atoms with Crippen LogP contribution in [0.1, 0.15) is 22.8 Å². The monoisotopic (exact) mass is 445 g/mol. The fourth-order valence-corrected chi connectivity index (χ4v) is 3.72. The molecule has 31 heavy (non-hydrogen) atoms. The molecule has 4 rings (SSSR count). The Hall–Kier alpha value is -2.90. The maximum atomic E-state index is 14.0. The maximum absolute atomic E-state index is 14.0. The molecule has 2 aromatic carbocycles. The van der Waals surface area contributed by atoms with Crippen molar-refractivity contribution in [3.63, 3.8) is 0 Å². The molecule has 2 aliphatic rings. The van der Waals surface area contributed by atoms with Gasteiger partial charge in [-0.2, -0.15) is 0 Å². The largest absolute Gasteiger partial charge is 0.491 e. The van der Waals surface area contributed by atoms with Gasteiger partial charge in [-0.05, 0) is 43.3 Å². The van der Waals surface area contributed by atoms with Crippen LogP contribution in [-0.4, -0.2) is 55.6 Å². The number of ketones is 1. The molecule has 1 atom stereocenters. The molecule has 0 radical (unpaired) electrons. The lowest BCUT2D eigenvalue weighted by Crippen LogP contribution is -2.48. The van der Waals surface area contributed by atoms with E-state index in [0.29, 0.717) is 41.8 Å². The number of hydrogen-bond donors (Lipinski definition) is 0. The number of hydrogen-bond acceptors (Lipinski definition) is 5. The molecular formula is C23H21ClFNO5. The van der Waals surface area contributed by atoms with Crippen molar-refractivity contribution in [2.24, 2.45) is 0 Å². The van der Waals surface area contributed by atoms with Crippen LogP contribution in [0.2, 0.25) is 5.02 Å². The fraction of sp³-hybridized carbons (Fsp3) is 0.304. The second-order valence-corrected chi connectivity index (χ2v) is 7.83. The summed E-state index contributed by atoms with van der Waals surface area (Å²) >= 11 is 6.04. The summed E-state index contributed by atoms with van der Waals surface area (Å²) in [5, 5.41) is 0.573. The fourth-order valence-electron chi connectivity index (χ4n) is 3.54. The lowest BCUT2D eigenvalue weighted by atomic mass is 10.1. The Morgan fingerprint density at radius 2 is 2.10 bits per heavy atom. The molecule has 0 bridgehead atoms. The van der Waals surface area contributed by atoms with Gasteiger partial charge in [-0.25, -0.2) is 4.39 Å². The van der Waals surface area contributed by atoms with Crippen LogP contribution in [0.5, 0.6) is 11.5 Å². The normalized spacial score (nSPS) is 18.0. The first-order valence-corrected chi connectivity index (χ1v) is 10.3. The van der Waals surface area contributed by atoms with E-state index in [-0.39, 0.29) is 36.6 Å². The molecule has 0 aromatic heterocycles. The Balaban J connectivity index is 1.38. The Morgan fingerprint density at radius 1 is 1.26 bits per heavy atom. The summed E-state index contributed by atoms with van der Waals surface area (Å²) in [6.07, 6.45) is 1.44. The first-order valence-electron chi connectivity index (χ1n) is 9.88. The third-order valence-electron chi connectivity index (χ3n) is 5.14. The van der Waals surface area contributed by atoms with E-state index in [4.69, 9.17) is 25.8 Å². The van der Waals surface area contributed by atoms with Crippen molar-refractivity contribution in [1.82, 2.24) is 4.90 Å². The number of ether oxygens (including phenoxy) is 3. The third-order valence-corrected chi connectivity index (χ3v) is 5.38. The lowest BCUT2D eigenvalue weighted by molar-refractivity contribution is -0.136. The molecule has 1 unspecified atom stereocenters. The molecule has 1 fully saturated rings. The van der Waals surface area contributed by atoms with Gasteiger partial charge in [-0.1, -0.05) is 11.6 Å². The van der Waals surface area contributed by atoms with Crippen molar-refractivity contribution in [2.45, 2.75) is 13.0 Å². The van der Waals surface area contributed by atoms with Gasteiger partial charge in [0.15, 0.2) is 5.78 Å². The van der Waals surface area contributed by atoms with E-state index in [9.17, 15) is 14.0 Å². The van der Waals surface area contributed by atoms with Gasteiger partial charge in [0.25, 0.3) is 5.91 Å². The van der Waals surface area contributed by atoms with Crippen LogP contribution in [0.15, 0.2) is 42.0 Å². The average Bonchev–Trinajstić information content (AvgIpc) is 2.76. The highest BCUT2D eigenvalue weighted by molar-refractivity contribution is 6.30. The van der Waals surface area contributed by atoms with Crippen molar-refractivity contribution < 1.29 is 28.2 Å². The van der Waals surface area contributed by atoms with Crippen LogP contribution < -0.4 is 9.47 Å². The number of carbonyl (C=O) groups excluding carboxylic acids is 2. The van der Waals surface area contributed by atoms with Crippen molar-refractivity contribution in [3.05, 3.63) is 63.9 Å². The highest BCUT2D eigenvalue weighted by Crippen LogP contribution is 2.29. The van der Waals surface area contributed by atoms with Gasteiger partial charge < -0.3 is 19.1 Å². The first-order chi connectivity index (χ1) is 14.9. The van der Waals surface area contributed by atoms with E-state index in [1.807, 2.05) is 0 Å². The minimum Gasteiger partial charge on any atom is -0.491 e. The minimum atomic E-state index is -0.629. The quantitative estimate of drug-likeness (QED) is 0.655.